The normalized spacial score (nSPS) is 18.2. The molecule has 3 N–H and O–H groups in total. The summed E-state index contributed by atoms with van der Waals surface area (Å²) in [6, 6.07) is 5.08. The highest BCUT2D eigenvalue weighted by Crippen LogP contribution is 2.23. The van der Waals surface area contributed by atoms with Crippen molar-refractivity contribution in [3.05, 3.63) is 34.4 Å². The number of hydrogen-bond donors (Lipinski definition) is 3. The summed E-state index contributed by atoms with van der Waals surface area (Å²) < 4.78 is 0. The number of carbonyl (C=O) groups excluding carboxylic acids is 2. The van der Waals surface area contributed by atoms with E-state index in [1.165, 1.54) is 18.2 Å². The van der Waals surface area contributed by atoms with E-state index in [0.29, 0.717) is 0 Å². The Morgan fingerprint density at radius 3 is 2.78 bits per heavy atom. The molecule has 1 heterocycles. The first-order valence-corrected chi connectivity index (χ1v) is 5.16. The molecule has 1 aliphatic heterocycles. The Morgan fingerprint density at radius 1 is 1.44 bits per heavy atom. The summed E-state index contributed by atoms with van der Waals surface area (Å²) in [5.41, 5.74) is 4.70. The van der Waals surface area contributed by atoms with Crippen LogP contribution in [0.25, 0.3) is 0 Å². The Kier molecular flexibility index (Phi) is 3.20. The van der Waals surface area contributed by atoms with Gasteiger partial charge < -0.3 is 5.32 Å². The lowest BCUT2D eigenvalue weighted by molar-refractivity contribution is -0.383. The summed E-state index contributed by atoms with van der Waals surface area (Å²) in [6.45, 7) is 0. The second kappa shape index (κ2) is 4.80. The summed E-state index contributed by atoms with van der Waals surface area (Å²) >= 11 is 0. The van der Waals surface area contributed by atoms with Crippen LogP contribution in [0.4, 0.5) is 11.4 Å². The van der Waals surface area contributed by atoms with Gasteiger partial charge in [-0.15, -0.1) is 0 Å². The van der Waals surface area contributed by atoms with Crippen LogP contribution in [-0.4, -0.2) is 22.8 Å². The third-order valence-electron chi connectivity index (χ3n) is 2.45. The van der Waals surface area contributed by atoms with E-state index < -0.39 is 16.9 Å². The van der Waals surface area contributed by atoms with Crippen molar-refractivity contribution in [2.45, 2.75) is 12.5 Å². The summed E-state index contributed by atoms with van der Waals surface area (Å²) in [7, 11) is 0. The maximum absolute atomic E-state index is 11.7. The fourth-order valence-corrected chi connectivity index (χ4v) is 1.57. The highest BCUT2D eigenvalue weighted by Gasteiger charge is 2.28. The van der Waals surface area contributed by atoms with Crippen molar-refractivity contribution >= 4 is 23.2 Å². The molecule has 8 nitrogen and oxygen atoms in total. The minimum Gasteiger partial charge on any atom is -0.319 e. The van der Waals surface area contributed by atoms with Crippen molar-refractivity contribution in [1.29, 1.82) is 0 Å². The Labute approximate surface area is 101 Å². The van der Waals surface area contributed by atoms with Crippen molar-refractivity contribution in [3.8, 4) is 0 Å². The average Bonchev–Trinajstić information content (AvgIpc) is 2.76. The number of amides is 2. The third kappa shape index (κ3) is 2.43. The minimum atomic E-state index is -0.725. The van der Waals surface area contributed by atoms with Gasteiger partial charge in [0.05, 0.1) is 11.3 Å². The minimum absolute atomic E-state index is 0.00641. The van der Waals surface area contributed by atoms with Crippen molar-refractivity contribution in [2.24, 2.45) is 0 Å². The molecule has 1 aromatic carbocycles. The Hall–Kier alpha value is -2.48. The van der Waals surface area contributed by atoms with Gasteiger partial charge in [-0.3, -0.25) is 25.1 Å². The fourth-order valence-electron chi connectivity index (χ4n) is 1.57. The maximum atomic E-state index is 11.7. The second-order valence-electron chi connectivity index (χ2n) is 3.71. The zero-order chi connectivity index (χ0) is 13.1. The molecule has 18 heavy (non-hydrogen) atoms. The number of nitro groups is 1. The molecule has 1 fully saturated rings. The highest BCUT2D eigenvalue weighted by atomic mass is 16.6. The van der Waals surface area contributed by atoms with Gasteiger partial charge >= 0.3 is 0 Å². The summed E-state index contributed by atoms with van der Waals surface area (Å²) in [4.78, 5) is 32.8. The first-order valence-electron chi connectivity index (χ1n) is 5.16. The lowest BCUT2D eigenvalue weighted by atomic mass is 10.2. The smallest absolute Gasteiger partial charge is 0.292 e. The van der Waals surface area contributed by atoms with E-state index in [-0.39, 0.29) is 23.7 Å². The highest BCUT2D eigenvalue weighted by molar-refractivity contribution is 6.00. The maximum Gasteiger partial charge on any atom is 0.292 e. The number of nitrogens with one attached hydrogen (secondary N) is 3. The van der Waals surface area contributed by atoms with Gasteiger partial charge in [-0.2, -0.15) is 0 Å². The van der Waals surface area contributed by atoms with E-state index in [2.05, 4.69) is 16.2 Å². The molecule has 0 spiro atoms. The van der Waals surface area contributed by atoms with Crippen molar-refractivity contribution in [1.82, 2.24) is 10.9 Å². The second-order valence-corrected chi connectivity index (χ2v) is 3.71. The molecule has 1 aliphatic rings. The van der Waals surface area contributed by atoms with Crippen LogP contribution >= 0.6 is 0 Å². The van der Waals surface area contributed by atoms with E-state index in [1.807, 2.05) is 0 Å². The van der Waals surface area contributed by atoms with E-state index in [0.717, 1.165) is 0 Å². The predicted molar refractivity (Wildman–Crippen MR) is 61.4 cm³/mol. The number of rotatable bonds is 3. The summed E-state index contributed by atoms with van der Waals surface area (Å²) in [6.07, 6.45) is 0.00641. The Balaban J connectivity index is 2.12. The SMILES string of the molecule is O=C1CC(C(=O)Nc2ccccc2[N+](=O)[O-])NN1. The van der Waals surface area contributed by atoms with Crippen LogP contribution in [0, 0.1) is 10.1 Å². The topological polar surface area (TPSA) is 113 Å². The molecule has 0 saturated carbocycles. The molecular formula is C10H10N4O4. The summed E-state index contributed by atoms with van der Waals surface area (Å²) in [5, 5.41) is 13.2. The Bertz CT molecular complexity index is 516. The molecule has 0 radical (unpaired) electrons. The van der Waals surface area contributed by atoms with Gasteiger partial charge in [0.25, 0.3) is 5.69 Å². The van der Waals surface area contributed by atoms with Gasteiger partial charge in [-0.25, -0.2) is 5.43 Å². The Morgan fingerprint density at radius 2 is 2.17 bits per heavy atom. The van der Waals surface area contributed by atoms with Crippen LogP contribution in [0.5, 0.6) is 0 Å². The molecule has 94 valence electrons. The van der Waals surface area contributed by atoms with Crippen LogP contribution in [0.1, 0.15) is 6.42 Å². The molecule has 8 heteroatoms. The molecule has 2 rings (SSSR count). The standard InChI is InChI=1S/C10H10N4O4/c15-9-5-7(12-13-9)10(16)11-6-3-1-2-4-8(6)14(17)18/h1-4,7,12H,5H2,(H,11,16)(H,13,15). The van der Waals surface area contributed by atoms with E-state index >= 15 is 0 Å². The van der Waals surface area contributed by atoms with E-state index in [1.54, 1.807) is 6.07 Å². The van der Waals surface area contributed by atoms with Gasteiger partial charge in [0, 0.05) is 6.07 Å². The van der Waals surface area contributed by atoms with Gasteiger partial charge in [0.2, 0.25) is 11.8 Å². The molecule has 1 aromatic rings. The van der Waals surface area contributed by atoms with Crippen molar-refractivity contribution in [3.63, 3.8) is 0 Å². The van der Waals surface area contributed by atoms with Crippen LogP contribution in [-0.2, 0) is 9.59 Å². The number of hydrazine groups is 1. The molecule has 0 aromatic heterocycles. The monoisotopic (exact) mass is 250 g/mol. The predicted octanol–water partition coefficient (Wildman–Crippen LogP) is -0.0736. The van der Waals surface area contributed by atoms with Gasteiger partial charge in [0.1, 0.15) is 11.7 Å². The molecule has 1 saturated heterocycles. The molecular weight excluding hydrogens is 240 g/mol. The van der Waals surface area contributed by atoms with Gasteiger partial charge in [-0.05, 0) is 6.07 Å². The molecule has 1 unspecified atom stereocenters. The first kappa shape index (κ1) is 12.0. The number of benzene rings is 1. The molecule has 0 aliphatic carbocycles. The lowest BCUT2D eigenvalue weighted by Gasteiger charge is -2.09. The lowest BCUT2D eigenvalue weighted by Crippen LogP contribution is -2.39. The van der Waals surface area contributed by atoms with Crippen LogP contribution in [0.3, 0.4) is 0 Å². The molecule has 0 bridgehead atoms. The first-order chi connectivity index (χ1) is 8.58. The number of hydrogen-bond acceptors (Lipinski definition) is 5. The fraction of sp³-hybridized carbons (Fsp3) is 0.200. The van der Waals surface area contributed by atoms with Crippen molar-refractivity contribution in [2.75, 3.05) is 5.32 Å². The number of para-hydroxylation sites is 2. The summed E-state index contributed by atoms with van der Waals surface area (Å²) in [5.74, 6) is -0.791. The van der Waals surface area contributed by atoms with Gasteiger partial charge in [0.15, 0.2) is 0 Å². The number of anilines is 1. The quantitative estimate of drug-likeness (QED) is 0.513. The largest absolute Gasteiger partial charge is 0.319 e. The zero-order valence-corrected chi connectivity index (χ0v) is 9.17. The van der Waals surface area contributed by atoms with Crippen LogP contribution in [0.15, 0.2) is 24.3 Å². The molecule has 2 amide bonds. The third-order valence-corrected chi connectivity index (χ3v) is 2.45. The molecule has 1 atom stereocenters. The van der Waals surface area contributed by atoms with E-state index in [9.17, 15) is 19.7 Å². The number of nitro benzene ring substituents is 1. The zero-order valence-electron chi connectivity index (χ0n) is 9.17. The number of nitrogens with zero attached hydrogens (tertiary/aromatic N) is 1. The van der Waals surface area contributed by atoms with Crippen LogP contribution < -0.4 is 16.2 Å². The van der Waals surface area contributed by atoms with Crippen LogP contribution in [0.2, 0.25) is 0 Å². The number of carbonyl (C=O) groups is 2. The van der Waals surface area contributed by atoms with Gasteiger partial charge in [-0.1, -0.05) is 12.1 Å². The van der Waals surface area contributed by atoms with E-state index in [4.69, 9.17) is 0 Å². The van der Waals surface area contributed by atoms with Crippen molar-refractivity contribution < 1.29 is 14.5 Å². The average molecular weight is 250 g/mol.